The number of rotatable bonds is 6. The van der Waals surface area contributed by atoms with Gasteiger partial charge in [-0.2, -0.15) is 0 Å². The fraction of sp³-hybridized carbons (Fsp3) is 0.222. The Balaban J connectivity index is 1.76. The molecule has 0 aliphatic heterocycles. The normalized spacial score (nSPS) is 10.2. The van der Waals surface area contributed by atoms with Gasteiger partial charge in [-0.25, -0.2) is 0 Å². The number of halogens is 1. The van der Waals surface area contributed by atoms with Gasteiger partial charge in [0.05, 0.1) is 6.42 Å². The van der Waals surface area contributed by atoms with Crippen LogP contribution in [0.25, 0.3) is 0 Å². The van der Waals surface area contributed by atoms with Gasteiger partial charge in [-0.3, -0.25) is 9.59 Å². The molecule has 0 aliphatic rings. The molecular formula is C18H18BrNO3. The number of carbonyl (C=O) groups excluding carboxylic acids is 2. The average Bonchev–Trinajstić information content (AvgIpc) is 2.56. The van der Waals surface area contributed by atoms with Crippen LogP contribution in [0.15, 0.2) is 53.0 Å². The minimum atomic E-state index is -0.427. The van der Waals surface area contributed by atoms with E-state index in [0.717, 1.165) is 16.5 Å². The second kappa shape index (κ2) is 8.48. The lowest BCUT2D eigenvalue weighted by molar-refractivity contribution is -0.146. The van der Waals surface area contributed by atoms with Crippen LogP contribution in [0, 0.1) is 0 Å². The first-order chi connectivity index (χ1) is 11.1. The summed E-state index contributed by atoms with van der Waals surface area (Å²) >= 11 is 3.33. The van der Waals surface area contributed by atoms with Crippen molar-refractivity contribution in [2.24, 2.45) is 0 Å². The smallest absolute Gasteiger partial charge is 0.310 e. The van der Waals surface area contributed by atoms with Gasteiger partial charge in [0.1, 0.15) is 0 Å². The number of hydrogen-bond acceptors (Lipinski definition) is 3. The number of aryl methyl sites for hydroxylation is 1. The summed E-state index contributed by atoms with van der Waals surface area (Å²) in [5, 5.41) is 2.70. The molecule has 0 heterocycles. The van der Waals surface area contributed by atoms with Crippen LogP contribution >= 0.6 is 15.9 Å². The van der Waals surface area contributed by atoms with E-state index in [1.807, 2.05) is 48.5 Å². The second-order valence-electron chi connectivity index (χ2n) is 5.06. The monoisotopic (exact) mass is 375 g/mol. The van der Waals surface area contributed by atoms with Gasteiger partial charge in [-0.15, -0.1) is 0 Å². The number of anilines is 1. The Labute approximate surface area is 144 Å². The predicted molar refractivity (Wildman–Crippen MR) is 93.3 cm³/mol. The molecule has 0 fully saturated rings. The Morgan fingerprint density at radius 1 is 1.00 bits per heavy atom. The molecule has 2 aromatic rings. The average molecular weight is 376 g/mol. The quantitative estimate of drug-likeness (QED) is 0.782. The molecule has 0 unspecified atom stereocenters. The highest BCUT2D eigenvalue weighted by atomic mass is 79.9. The van der Waals surface area contributed by atoms with E-state index in [9.17, 15) is 9.59 Å². The van der Waals surface area contributed by atoms with E-state index in [1.165, 1.54) is 5.56 Å². The molecule has 0 radical (unpaired) electrons. The van der Waals surface area contributed by atoms with Crippen molar-refractivity contribution in [2.75, 3.05) is 11.9 Å². The maximum atomic E-state index is 11.8. The van der Waals surface area contributed by atoms with Gasteiger partial charge < -0.3 is 10.1 Å². The zero-order chi connectivity index (χ0) is 16.7. The number of hydrogen-bond donors (Lipinski definition) is 1. The number of esters is 1. The van der Waals surface area contributed by atoms with Crippen LogP contribution in [0.3, 0.4) is 0 Å². The van der Waals surface area contributed by atoms with Crippen molar-refractivity contribution < 1.29 is 14.3 Å². The van der Waals surface area contributed by atoms with E-state index in [2.05, 4.69) is 28.2 Å². The van der Waals surface area contributed by atoms with Crippen molar-refractivity contribution in [3.63, 3.8) is 0 Å². The van der Waals surface area contributed by atoms with Gasteiger partial charge in [0.2, 0.25) is 0 Å². The van der Waals surface area contributed by atoms with Gasteiger partial charge in [0.25, 0.3) is 5.91 Å². The summed E-state index contributed by atoms with van der Waals surface area (Å²) in [5.41, 5.74) is 2.73. The first kappa shape index (κ1) is 17.2. The summed E-state index contributed by atoms with van der Waals surface area (Å²) in [6, 6.07) is 15.0. The molecule has 0 saturated carbocycles. The van der Waals surface area contributed by atoms with Crippen molar-refractivity contribution in [3.05, 3.63) is 64.1 Å². The summed E-state index contributed by atoms with van der Waals surface area (Å²) in [7, 11) is 0. The molecule has 23 heavy (non-hydrogen) atoms. The Morgan fingerprint density at radius 2 is 1.61 bits per heavy atom. The van der Waals surface area contributed by atoms with Crippen molar-refractivity contribution in [1.82, 2.24) is 0 Å². The lowest BCUT2D eigenvalue weighted by Crippen LogP contribution is -2.21. The van der Waals surface area contributed by atoms with Gasteiger partial charge >= 0.3 is 5.97 Å². The molecule has 4 nitrogen and oxygen atoms in total. The van der Waals surface area contributed by atoms with Crippen molar-refractivity contribution in [3.8, 4) is 0 Å². The Hall–Kier alpha value is -2.14. The van der Waals surface area contributed by atoms with Crippen LogP contribution in [0.1, 0.15) is 18.1 Å². The first-order valence-corrected chi connectivity index (χ1v) is 8.15. The zero-order valence-electron chi connectivity index (χ0n) is 12.8. The van der Waals surface area contributed by atoms with Crippen LogP contribution in [-0.4, -0.2) is 18.5 Å². The largest absolute Gasteiger partial charge is 0.455 e. The molecule has 0 atom stereocenters. The molecule has 5 heteroatoms. The highest BCUT2D eigenvalue weighted by Crippen LogP contribution is 2.12. The Bertz CT molecular complexity index is 666. The minimum absolute atomic E-state index is 0.145. The summed E-state index contributed by atoms with van der Waals surface area (Å²) in [4.78, 5) is 23.5. The Kier molecular flexibility index (Phi) is 6.35. The van der Waals surface area contributed by atoms with Crippen LogP contribution in [0.4, 0.5) is 5.69 Å². The fourth-order valence-corrected chi connectivity index (χ4v) is 2.25. The first-order valence-electron chi connectivity index (χ1n) is 7.35. The number of nitrogens with one attached hydrogen (secondary N) is 1. The third kappa shape index (κ3) is 5.87. The highest BCUT2D eigenvalue weighted by Gasteiger charge is 2.09. The second-order valence-corrected chi connectivity index (χ2v) is 5.98. The molecule has 0 aliphatic carbocycles. The molecule has 120 valence electrons. The van der Waals surface area contributed by atoms with Crippen molar-refractivity contribution in [1.29, 1.82) is 0 Å². The predicted octanol–water partition coefficient (Wildman–Crippen LogP) is 3.74. The summed E-state index contributed by atoms with van der Waals surface area (Å²) < 4.78 is 5.94. The molecule has 2 rings (SSSR count). The SMILES string of the molecule is CCc1ccc(NC(=O)COC(=O)Cc2ccc(Br)cc2)cc1. The summed E-state index contributed by atoms with van der Waals surface area (Å²) in [6.07, 6.45) is 1.09. The van der Waals surface area contributed by atoms with E-state index in [-0.39, 0.29) is 18.9 Å². The van der Waals surface area contributed by atoms with E-state index in [0.29, 0.717) is 5.69 Å². The van der Waals surface area contributed by atoms with Crippen LogP contribution in [-0.2, 0) is 27.2 Å². The lowest BCUT2D eigenvalue weighted by atomic mass is 10.1. The third-order valence-corrected chi connectivity index (χ3v) is 3.80. The zero-order valence-corrected chi connectivity index (χ0v) is 14.4. The van der Waals surface area contributed by atoms with Gasteiger partial charge in [-0.05, 0) is 41.8 Å². The molecule has 0 spiro atoms. The van der Waals surface area contributed by atoms with Crippen molar-refractivity contribution >= 4 is 33.5 Å². The van der Waals surface area contributed by atoms with Gasteiger partial charge in [-0.1, -0.05) is 47.1 Å². The summed E-state index contributed by atoms with van der Waals surface area (Å²) in [5.74, 6) is -0.776. The maximum Gasteiger partial charge on any atom is 0.310 e. The highest BCUT2D eigenvalue weighted by molar-refractivity contribution is 9.10. The molecule has 1 N–H and O–H groups in total. The van der Waals surface area contributed by atoms with Crippen molar-refractivity contribution in [2.45, 2.75) is 19.8 Å². The standard InChI is InChI=1S/C18H18BrNO3/c1-2-13-5-9-16(10-6-13)20-17(21)12-23-18(22)11-14-3-7-15(19)8-4-14/h3-10H,2,11-12H2,1H3,(H,20,21). The van der Waals surface area contributed by atoms with E-state index < -0.39 is 5.97 Å². The van der Waals surface area contributed by atoms with Crippen LogP contribution in [0.5, 0.6) is 0 Å². The molecule has 0 bridgehead atoms. The molecule has 2 aromatic carbocycles. The number of ether oxygens (including phenoxy) is 1. The minimum Gasteiger partial charge on any atom is -0.455 e. The van der Waals surface area contributed by atoms with Gasteiger partial charge in [0, 0.05) is 10.2 Å². The molecule has 0 aromatic heterocycles. The van der Waals surface area contributed by atoms with E-state index in [4.69, 9.17) is 4.74 Å². The maximum absolute atomic E-state index is 11.8. The third-order valence-electron chi connectivity index (χ3n) is 3.27. The lowest BCUT2D eigenvalue weighted by Gasteiger charge is -2.07. The fourth-order valence-electron chi connectivity index (χ4n) is 1.99. The van der Waals surface area contributed by atoms with E-state index >= 15 is 0 Å². The van der Waals surface area contributed by atoms with Crippen LogP contribution in [0.2, 0.25) is 0 Å². The number of benzene rings is 2. The number of carbonyl (C=O) groups is 2. The number of amides is 1. The van der Waals surface area contributed by atoms with Gasteiger partial charge in [0.15, 0.2) is 6.61 Å². The molecule has 1 amide bonds. The van der Waals surface area contributed by atoms with Crippen LogP contribution < -0.4 is 5.32 Å². The van der Waals surface area contributed by atoms with E-state index in [1.54, 1.807) is 0 Å². The Morgan fingerprint density at radius 3 is 2.22 bits per heavy atom. The topological polar surface area (TPSA) is 55.4 Å². The molecular weight excluding hydrogens is 358 g/mol. The molecule has 0 saturated heterocycles. The summed E-state index contributed by atoms with van der Waals surface area (Å²) in [6.45, 7) is 1.78.